The smallest absolute Gasteiger partial charge is 0.240 e. The molecule has 0 bridgehead atoms. The molecule has 0 saturated heterocycles. The molecule has 1 N–H and O–H groups in total. The van der Waals surface area contributed by atoms with Gasteiger partial charge in [0.25, 0.3) is 0 Å². The molecule has 0 aromatic heterocycles. The summed E-state index contributed by atoms with van der Waals surface area (Å²) in [5.41, 5.74) is 1.64. The molecule has 0 spiro atoms. The molecule has 21 heavy (non-hydrogen) atoms. The van der Waals surface area contributed by atoms with Gasteiger partial charge in [0.05, 0.1) is 5.69 Å². The van der Waals surface area contributed by atoms with Crippen molar-refractivity contribution in [1.82, 2.24) is 0 Å². The highest BCUT2D eigenvalue weighted by atomic mass is 35.5. The van der Waals surface area contributed by atoms with Crippen molar-refractivity contribution in [2.24, 2.45) is 4.99 Å². The third kappa shape index (κ3) is 3.56. The van der Waals surface area contributed by atoms with Gasteiger partial charge < -0.3 is 9.84 Å². The van der Waals surface area contributed by atoms with Crippen molar-refractivity contribution >= 4 is 35.0 Å². The molecule has 0 aliphatic carbocycles. The van der Waals surface area contributed by atoms with Crippen LogP contribution in [0.25, 0.3) is 0 Å². The Kier molecular flexibility index (Phi) is 4.86. The Morgan fingerprint density at radius 2 is 2.05 bits per heavy atom. The minimum atomic E-state index is -0.0237. The Morgan fingerprint density at radius 1 is 1.29 bits per heavy atom. The first-order chi connectivity index (χ1) is 10.0. The van der Waals surface area contributed by atoms with Crippen LogP contribution in [0.1, 0.15) is 11.1 Å². The van der Waals surface area contributed by atoms with E-state index in [4.69, 9.17) is 27.9 Å². The third-order valence-electron chi connectivity index (χ3n) is 2.87. The minimum absolute atomic E-state index is 0.0237. The molecule has 108 valence electrons. The number of aliphatic imine (C=N–C) groups is 1. The summed E-state index contributed by atoms with van der Waals surface area (Å²) >= 11 is 12.1. The van der Waals surface area contributed by atoms with E-state index >= 15 is 0 Å². The molecular formula is C15H11Cl2NO3. The van der Waals surface area contributed by atoms with Gasteiger partial charge in [0.2, 0.25) is 6.08 Å². The number of aromatic hydroxyl groups is 1. The van der Waals surface area contributed by atoms with Gasteiger partial charge in [-0.3, -0.25) is 0 Å². The Morgan fingerprint density at radius 3 is 2.76 bits per heavy atom. The van der Waals surface area contributed by atoms with E-state index in [1.807, 2.05) is 0 Å². The summed E-state index contributed by atoms with van der Waals surface area (Å²) in [6.45, 7) is 1.81. The van der Waals surface area contributed by atoms with Crippen molar-refractivity contribution in [3.05, 3.63) is 51.5 Å². The second-order valence-electron chi connectivity index (χ2n) is 4.30. The van der Waals surface area contributed by atoms with Crippen LogP contribution in [-0.4, -0.2) is 11.2 Å². The molecular weight excluding hydrogens is 313 g/mol. The molecule has 0 atom stereocenters. The molecule has 0 saturated carbocycles. The van der Waals surface area contributed by atoms with Crippen molar-refractivity contribution in [3.63, 3.8) is 0 Å². The van der Waals surface area contributed by atoms with Crippen LogP contribution in [-0.2, 0) is 11.4 Å². The quantitative estimate of drug-likeness (QED) is 0.663. The van der Waals surface area contributed by atoms with Crippen molar-refractivity contribution in [2.75, 3.05) is 0 Å². The van der Waals surface area contributed by atoms with E-state index in [-0.39, 0.29) is 18.1 Å². The van der Waals surface area contributed by atoms with Crippen LogP contribution in [0.4, 0.5) is 5.69 Å². The van der Waals surface area contributed by atoms with Gasteiger partial charge in [0.15, 0.2) is 11.5 Å². The summed E-state index contributed by atoms with van der Waals surface area (Å²) < 4.78 is 5.52. The van der Waals surface area contributed by atoms with Crippen molar-refractivity contribution in [3.8, 4) is 11.5 Å². The summed E-state index contributed by atoms with van der Waals surface area (Å²) in [5.74, 6) is 0.205. The van der Waals surface area contributed by atoms with Crippen molar-refractivity contribution < 1.29 is 14.6 Å². The van der Waals surface area contributed by atoms with E-state index in [1.54, 1.807) is 25.1 Å². The molecule has 0 aliphatic heterocycles. The zero-order valence-electron chi connectivity index (χ0n) is 11.1. The third-order valence-corrected chi connectivity index (χ3v) is 3.63. The lowest BCUT2D eigenvalue weighted by Crippen LogP contribution is -1.97. The maximum Gasteiger partial charge on any atom is 0.240 e. The number of phenolic OH excluding ortho intramolecular Hbond substituents is 1. The number of hydrogen-bond donors (Lipinski definition) is 1. The monoisotopic (exact) mass is 323 g/mol. The van der Waals surface area contributed by atoms with E-state index in [0.717, 1.165) is 5.56 Å². The normalized spacial score (nSPS) is 10.0. The van der Waals surface area contributed by atoms with Crippen LogP contribution < -0.4 is 4.74 Å². The van der Waals surface area contributed by atoms with Crippen LogP contribution in [0.5, 0.6) is 11.5 Å². The van der Waals surface area contributed by atoms with Gasteiger partial charge in [-0.1, -0.05) is 29.3 Å². The number of isocyanates is 1. The topological polar surface area (TPSA) is 58.9 Å². The molecule has 2 aromatic carbocycles. The fourth-order valence-corrected chi connectivity index (χ4v) is 2.14. The first-order valence-electron chi connectivity index (χ1n) is 6.00. The SMILES string of the molecule is Cc1cc(O)c(OCc2c(Cl)cccc2N=C=O)cc1Cl. The van der Waals surface area contributed by atoms with Gasteiger partial charge >= 0.3 is 0 Å². The van der Waals surface area contributed by atoms with Gasteiger partial charge in [0, 0.05) is 21.7 Å². The van der Waals surface area contributed by atoms with E-state index in [1.165, 1.54) is 18.2 Å². The second kappa shape index (κ2) is 6.64. The zero-order valence-corrected chi connectivity index (χ0v) is 12.6. The van der Waals surface area contributed by atoms with Crippen LogP contribution in [0, 0.1) is 6.92 Å². The molecule has 0 fully saturated rings. The largest absolute Gasteiger partial charge is 0.504 e. The lowest BCUT2D eigenvalue weighted by molar-refractivity contribution is 0.289. The van der Waals surface area contributed by atoms with E-state index < -0.39 is 0 Å². The zero-order chi connectivity index (χ0) is 15.4. The average Bonchev–Trinajstić information content (AvgIpc) is 2.44. The molecule has 0 amide bonds. The summed E-state index contributed by atoms with van der Waals surface area (Å²) in [4.78, 5) is 14.0. The highest BCUT2D eigenvalue weighted by molar-refractivity contribution is 6.32. The number of ether oxygens (including phenoxy) is 1. The molecule has 0 radical (unpaired) electrons. The Labute approximate surface area is 131 Å². The fraction of sp³-hybridized carbons (Fsp3) is 0.133. The van der Waals surface area contributed by atoms with Gasteiger partial charge in [-0.05, 0) is 30.7 Å². The van der Waals surface area contributed by atoms with Gasteiger partial charge in [-0.25, -0.2) is 4.79 Å². The summed E-state index contributed by atoms with van der Waals surface area (Å²) in [6.07, 6.45) is 1.47. The lowest BCUT2D eigenvalue weighted by Gasteiger charge is -2.12. The average molecular weight is 324 g/mol. The maximum absolute atomic E-state index is 10.4. The number of rotatable bonds is 4. The second-order valence-corrected chi connectivity index (χ2v) is 5.11. The highest BCUT2D eigenvalue weighted by Gasteiger charge is 2.11. The first-order valence-corrected chi connectivity index (χ1v) is 6.75. The number of carbonyl (C=O) groups excluding carboxylic acids is 1. The molecule has 0 heterocycles. The van der Waals surface area contributed by atoms with E-state index in [0.29, 0.717) is 21.3 Å². The molecule has 6 heteroatoms. The summed E-state index contributed by atoms with van der Waals surface area (Å²) in [7, 11) is 0. The predicted octanol–water partition coefficient (Wildman–Crippen LogP) is 4.55. The Balaban J connectivity index is 2.28. The standard InChI is InChI=1S/C15H11Cl2NO3/c1-9-5-14(20)15(6-12(9)17)21-7-10-11(16)3-2-4-13(10)18-8-19/h2-6,20H,7H2,1H3. The molecule has 2 aromatic rings. The van der Waals surface area contributed by atoms with E-state index in [2.05, 4.69) is 4.99 Å². The minimum Gasteiger partial charge on any atom is -0.504 e. The first kappa shape index (κ1) is 15.4. The lowest BCUT2D eigenvalue weighted by atomic mass is 10.2. The number of benzene rings is 2. The maximum atomic E-state index is 10.4. The van der Waals surface area contributed by atoms with Gasteiger partial charge in [-0.2, -0.15) is 4.99 Å². The highest BCUT2D eigenvalue weighted by Crippen LogP contribution is 2.34. The van der Waals surface area contributed by atoms with Crippen molar-refractivity contribution in [2.45, 2.75) is 13.5 Å². The van der Waals surface area contributed by atoms with Crippen LogP contribution >= 0.6 is 23.2 Å². The number of halogens is 2. The molecule has 0 aliphatic rings. The summed E-state index contributed by atoms with van der Waals surface area (Å²) in [5, 5.41) is 10.7. The fourth-order valence-electron chi connectivity index (χ4n) is 1.76. The molecule has 0 unspecified atom stereocenters. The van der Waals surface area contributed by atoms with Gasteiger partial charge in [-0.15, -0.1) is 0 Å². The molecule has 4 nitrogen and oxygen atoms in total. The Hall–Kier alpha value is -2.00. The number of nitrogens with zero attached hydrogens (tertiary/aromatic N) is 1. The van der Waals surface area contributed by atoms with E-state index in [9.17, 15) is 9.90 Å². The number of aryl methyl sites for hydroxylation is 1. The number of phenols is 1. The summed E-state index contributed by atoms with van der Waals surface area (Å²) in [6, 6.07) is 7.98. The van der Waals surface area contributed by atoms with Crippen LogP contribution in [0.3, 0.4) is 0 Å². The van der Waals surface area contributed by atoms with Crippen LogP contribution in [0.2, 0.25) is 10.0 Å². The van der Waals surface area contributed by atoms with Crippen molar-refractivity contribution in [1.29, 1.82) is 0 Å². The molecule has 2 rings (SSSR count). The van der Waals surface area contributed by atoms with Crippen LogP contribution in [0.15, 0.2) is 35.3 Å². The predicted molar refractivity (Wildman–Crippen MR) is 81.4 cm³/mol. The van der Waals surface area contributed by atoms with Gasteiger partial charge in [0.1, 0.15) is 6.61 Å². The number of hydrogen-bond acceptors (Lipinski definition) is 4. The Bertz CT molecular complexity index is 725.